The largest absolute Gasteiger partial charge is 0.475 e. The topological polar surface area (TPSA) is 115 Å². The smallest absolute Gasteiger partial charge is 0.375 e. The molecule has 0 aromatic heterocycles. The normalized spacial score (nSPS) is 18.0. The SMILES string of the molecule is C[C@@H](O)[C@H](O)[C@H](O)C(=O)C(=O)O. The number of rotatable bonds is 4. The van der Waals surface area contributed by atoms with Crippen molar-refractivity contribution >= 4 is 11.8 Å². The first-order valence-electron chi connectivity index (χ1n) is 3.19. The summed E-state index contributed by atoms with van der Waals surface area (Å²) in [6, 6.07) is 0. The van der Waals surface area contributed by atoms with E-state index >= 15 is 0 Å². The molecule has 0 amide bonds. The van der Waals surface area contributed by atoms with Gasteiger partial charge in [0.1, 0.15) is 6.10 Å². The number of carbonyl (C=O) groups is 2. The van der Waals surface area contributed by atoms with E-state index in [1.807, 2.05) is 0 Å². The Balaban J connectivity index is 4.29. The van der Waals surface area contributed by atoms with Crippen LogP contribution in [-0.4, -0.2) is 50.5 Å². The molecular formula is C6H10O6. The van der Waals surface area contributed by atoms with Crippen molar-refractivity contribution in [3.05, 3.63) is 0 Å². The fourth-order valence-electron chi connectivity index (χ4n) is 0.545. The van der Waals surface area contributed by atoms with E-state index in [2.05, 4.69) is 0 Å². The van der Waals surface area contributed by atoms with E-state index in [4.69, 9.17) is 20.4 Å². The van der Waals surface area contributed by atoms with Gasteiger partial charge in [-0.05, 0) is 6.92 Å². The summed E-state index contributed by atoms with van der Waals surface area (Å²) in [6.07, 6.45) is -5.21. The number of aliphatic carboxylic acids is 1. The first-order chi connectivity index (χ1) is 5.37. The van der Waals surface area contributed by atoms with Crippen LogP contribution in [0, 0.1) is 0 Å². The highest BCUT2D eigenvalue weighted by atomic mass is 16.4. The number of carboxylic acid groups (broad SMARTS) is 1. The van der Waals surface area contributed by atoms with Crippen molar-refractivity contribution in [3.63, 3.8) is 0 Å². The number of hydrogen-bond donors (Lipinski definition) is 4. The maximum absolute atomic E-state index is 10.5. The van der Waals surface area contributed by atoms with Crippen molar-refractivity contribution in [2.24, 2.45) is 0 Å². The number of ketones is 1. The lowest BCUT2D eigenvalue weighted by Crippen LogP contribution is -2.43. The average Bonchev–Trinajstić information content (AvgIpc) is 2.00. The van der Waals surface area contributed by atoms with Gasteiger partial charge in [0, 0.05) is 0 Å². The minimum Gasteiger partial charge on any atom is -0.475 e. The highest BCUT2D eigenvalue weighted by Gasteiger charge is 2.31. The van der Waals surface area contributed by atoms with Gasteiger partial charge in [-0.15, -0.1) is 0 Å². The van der Waals surface area contributed by atoms with Gasteiger partial charge in [0.2, 0.25) is 0 Å². The molecule has 4 N–H and O–H groups in total. The molecule has 6 heteroatoms. The molecule has 0 spiro atoms. The Morgan fingerprint density at radius 1 is 1.17 bits per heavy atom. The molecule has 0 aliphatic rings. The van der Waals surface area contributed by atoms with Crippen LogP contribution in [0.3, 0.4) is 0 Å². The van der Waals surface area contributed by atoms with Crippen LogP contribution in [-0.2, 0) is 9.59 Å². The summed E-state index contributed by atoms with van der Waals surface area (Å²) in [6.45, 7) is 1.13. The second-order valence-electron chi connectivity index (χ2n) is 2.35. The molecule has 0 unspecified atom stereocenters. The van der Waals surface area contributed by atoms with Crippen molar-refractivity contribution in [2.75, 3.05) is 0 Å². The third kappa shape index (κ3) is 2.57. The quantitative estimate of drug-likeness (QED) is 0.361. The second kappa shape index (κ2) is 4.15. The molecule has 0 fully saturated rings. The first kappa shape index (κ1) is 11.0. The van der Waals surface area contributed by atoms with E-state index in [0.717, 1.165) is 6.92 Å². The second-order valence-corrected chi connectivity index (χ2v) is 2.35. The summed E-state index contributed by atoms with van der Waals surface area (Å²) in [5, 5.41) is 34.4. The van der Waals surface area contributed by atoms with Crippen LogP contribution in [0.4, 0.5) is 0 Å². The van der Waals surface area contributed by atoms with Crippen molar-refractivity contribution < 1.29 is 30.0 Å². The van der Waals surface area contributed by atoms with Gasteiger partial charge >= 0.3 is 5.97 Å². The number of hydrogen-bond acceptors (Lipinski definition) is 5. The minimum atomic E-state index is -2.08. The Labute approximate surface area is 68.1 Å². The molecule has 3 atom stereocenters. The first-order valence-corrected chi connectivity index (χ1v) is 3.19. The van der Waals surface area contributed by atoms with Crippen LogP contribution < -0.4 is 0 Å². The Hall–Kier alpha value is -0.980. The molecule has 0 aliphatic carbocycles. The standard InChI is InChI=1S/C6H10O6/c1-2(7)3(8)4(9)5(10)6(11)12/h2-4,7-9H,1H3,(H,11,12)/t2-,3+,4+/m1/s1. The van der Waals surface area contributed by atoms with Gasteiger partial charge in [-0.1, -0.05) is 0 Å². The summed E-state index contributed by atoms with van der Waals surface area (Å²) < 4.78 is 0. The van der Waals surface area contributed by atoms with Crippen molar-refractivity contribution in [1.82, 2.24) is 0 Å². The Morgan fingerprint density at radius 2 is 1.58 bits per heavy atom. The number of aliphatic hydroxyl groups excluding tert-OH is 3. The number of aliphatic hydroxyl groups is 3. The molecule has 6 nitrogen and oxygen atoms in total. The average molecular weight is 178 g/mol. The van der Waals surface area contributed by atoms with E-state index in [1.165, 1.54) is 0 Å². The molecule has 0 saturated heterocycles. The summed E-state index contributed by atoms with van der Waals surface area (Å²) >= 11 is 0. The van der Waals surface area contributed by atoms with Gasteiger partial charge in [-0.3, -0.25) is 4.79 Å². The van der Waals surface area contributed by atoms with Gasteiger partial charge < -0.3 is 20.4 Å². The summed E-state index contributed by atoms with van der Waals surface area (Å²) in [4.78, 5) is 20.4. The van der Waals surface area contributed by atoms with Crippen molar-refractivity contribution in [3.8, 4) is 0 Å². The molecule has 0 rings (SSSR count). The van der Waals surface area contributed by atoms with E-state index in [0.29, 0.717) is 0 Å². The highest BCUT2D eigenvalue weighted by molar-refractivity contribution is 6.34. The maximum Gasteiger partial charge on any atom is 0.375 e. The molecule has 12 heavy (non-hydrogen) atoms. The van der Waals surface area contributed by atoms with Gasteiger partial charge in [0.05, 0.1) is 6.10 Å². The molecule has 0 saturated carbocycles. The fraction of sp³-hybridized carbons (Fsp3) is 0.667. The van der Waals surface area contributed by atoms with E-state index in [-0.39, 0.29) is 0 Å². The van der Waals surface area contributed by atoms with Gasteiger partial charge in [0.15, 0.2) is 6.10 Å². The van der Waals surface area contributed by atoms with Crippen LogP contribution in [0.25, 0.3) is 0 Å². The zero-order valence-electron chi connectivity index (χ0n) is 6.34. The van der Waals surface area contributed by atoms with Crippen LogP contribution in [0.5, 0.6) is 0 Å². The molecular weight excluding hydrogens is 168 g/mol. The number of carboxylic acids is 1. The Morgan fingerprint density at radius 3 is 1.83 bits per heavy atom. The van der Waals surface area contributed by atoms with Crippen molar-refractivity contribution in [2.45, 2.75) is 25.2 Å². The zero-order chi connectivity index (χ0) is 9.89. The third-order valence-electron chi connectivity index (χ3n) is 1.30. The lowest BCUT2D eigenvalue weighted by atomic mass is 10.1. The zero-order valence-corrected chi connectivity index (χ0v) is 6.34. The number of carbonyl (C=O) groups excluding carboxylic acids is 1. The van der Waals surface area contributed by atoms with E-state index < -0.39 is 30.1 Å². The third-order valence-corrected chi connectivity index (χ3v) is 1.30. The minimum absolute atomic E-state index is 1.13. The van der Waals surface area contributed by atoms with Crippen molar-refractivity contribution in [1.29, 1.82) is 0 Å². The molecule has 70 valence electrons. The molecule has 0 bridgehead atoms. The van der Waals surface area contributed by atoms with E-state index in [1.54, 1.807) is 0 Å². The summed E-state index contributed by atoms with van der Waals surface area (Å²) in [7, 11) is 0. The predicted octanol–water partition coefficient (Wildman–Crippen LogP) is -2.26. The predicted molar refractivity (Wildman–Crippen MR) is 36.3 cm³/mol. The van der Waals surface area contributed by atoms with Gasteiger partial charge in [-0.2, -0.15) is 0 Å². The lowest BCUT2D eigenvalue weighted by molar-refractivity contribution is -0.158. The van der Waals surface area contributed by atoms with Crippen LogP contribution >= 0.6 is 0 Å². The van der Waals surface area contributed by atoms with Crippen LogP contribution in [0.1, 0.15) is 6.92 Å². The summed E-state index contributed by atoms with van der Waals surface area (Å²) in [5.74, 6) is -3.38. The summed E-state index contributed by atoms with van der Waals surface area (Å²) in [5.41, 5.74) is 0. The maximum atomic E-state index is 10.5. The molecule has 0 aromatic rings. The lowest BCUT2D eigenvalue weighted by Gasteiger charge is -2.16. The van der Waals surface area contributed by atoms with Gasteiger partial charge in [0.25, 0.3) is 5.78 Å². The molecule has 0 aliphatic heterocycles. The molecule has 0 aromatic carbocycles. The monoisotopic (exact) mass is 178 g/mol. The van der Waals surface area contributed by atoms with Crippen LogP contribution in [0.2, 0.25) is 0 Å². The Kier molecular flexibility index (Phi) is 3.81. The van der Waals surface area contributed by atoms with E-state index in [9.17, 15) is 9.59 Å². The van der Waals surface area contributed by atoms with Crippen LogP contribution in [0.15, 0.2) is 0 Å². The Bertz CT molecular complexity index is 186. The van der Waals surface area contributed by atoms with Gasteiger partial charge in [-0.25, -0.2) is 4.79 Å². The molecule has 0 radical (unpaired) electrons. The number of Topliss-reactive ketones (excluding diaryl/α,β-unsaturated/α-hetero) is 1. The highest BCUT2D eigenvalue weighted by Crippen LogP contribution is 2.00. The fourth-order valence-corrected chi connectivity index (χ4v) is 0.545. The molecule has 0 heterocycles.